The predicted molar refractivity (Wildman–Crippen MR) is 112 cm³/mol. The number of hydrogen-bond donors (Lipinski definition) is 0. The van der Waals surface area contributed by atoms with Gasteiger partial charge in [-0.15, -0.1) is 0 Å². The van der Waals surface area contributed by atoms with Crippen LogP contribution in [0, 0.1) is 0 Å². The molecule has 1 atom stereocenters. The van der Waals surface area contributed by atoms with Crippen LogP contribution >= 0.6 is 15.9 Å². The maximum absolute atomic E-state index is 12.5. The predicted octanol–water partition coefficient (Wildman–Crippen LogP) is 2.99. The third-order valence-corrected chi connectivity index (χ3v) is 7.47. The highest BCUT2D eigenvalue weighted by atomic mass is 79.9. The molecule has 2 rings (SSSR count). The third-order valence-electron chi connectivity index (χ3n) is 4.38. The molecule has 2 aromatic rings. The lowest BCUT2D eigenvalue weighted by Gasteiger charge is -2.25. The van der Waals surface area contributed by atoms with Gasteiger partial charge in [0.25, 0.3) is 0 Å². The van der Waals surface area contributed by atoms with E-state index in [1.165, 1.54) is 24.1 Å². The van der Waals surface area contributed by atoms with E-state index in [-0.39, 0.29) is 10.6 Å². The molecule has 1 amide bonds. The molecule has 0 radical (unpaired) electrons. The molecule has 0 fully saturated rings. The highest BCUT2D eigenvalue weighted by Crippen LogP contribution is 2.22. The zero-order valence-electron chi connectivity index (χ0n) is 15.8. The first-order valence-corrected chi connectivity index (χ1v) is 12.9. The fourth-order valence-electron chi connectivity index (χ4n) is 2.65. The first-order valence-electron chi connectivity index (χ1n) is 8.39. The van der Waals surface area contributed by atoms with Crippen molar-refractivity contribution in [1.29, 1.82) is 0 Å². The highest BCUT2D eigenvalue weighted by molar-refractivity contribution is 9.10. The molecule has 0 aliphatic carbocycles. The topological polar surface area (TPSA) is 88.6 Å². The molecule has 1 unspecified atom stereocenters. The quantitative estimate of drug-likeness (QED) is 0.598. The molecule has 28 heavy (non-hydrogen) atoms. The van der Waals surface area contributed by atoms with Crippen LogP contribution in [0.5, 0.6) is 0 Å². The van der Waals surface area contributed by atoms with Crippen LogP contribution in [0.2, 0.25) is 0 Å². The number of carbonyl (C=O) groups is 1. The number of sulfone groups is 2. The van der Waals surface area contributed by atoms with Crippen molar-refractivity contribution in [2.75, 3.05) is 19.1 Å². The van der Waals surface area contributed by atoms with E-state index in [2.05, 4.69) is 15.9 Å². The SMILES string of the molecule is CC(c1ccc(S(C)(=O)=O)cc1)N(C)C(=O)CS(=O)(=O)Cc1cccc(Br)c1. The van der Waals surface area contributed by atoms with Crippen LogP contribution in [0.4, 0.5) is 0 Å². The van der Waals surface area contributed by atoms with Gasteiger partial charge in [-0.2, -0.15) is 0 Å². The standard InChI is InChI=1S/C19H22BrNO5S2/c1-14(16-7-9-18(10-8-16)27(3,23)24)21(2)19(22)13-28(25,26)12-15-5-4-6-17(20)11-15/h4-11,14H,12-13H2,1-3H3. The summed E-state index contributed by atoms with van der Waals surface area (Å²) in [4.78, 5) is 14.0. The highest BCUT2D eigenvalue weighted by Gasteiger charge is 2.24. The lowest BCUT2D eigenvalue weighted by Crippen LogP contribution is -2.34. The van der Waals surface area contributed by atoms with Gasteiger partial charge in [0, 0.05) is 17.8 Å². The second-order valence-corrected chi connectivity index (χ2v) is 11.7. The lowest BCUT2D eigenvalue weighted by atomic mass is 10.1. The van der Waals surface area contributed by atoms with E-state index >= 15 is 0 Å². The first-order chi connectivity index (χ1) is 12.9. The molecule has 0 N–H and O–H groups in total. The number of amides is 1. The maximum Gasteiger partial charge on any atom is 0.238 e. The number of nitrogens with zero attached hydrogens (tertiary/aromatic N) is 1. The van der Waals surface area contributed by atoms with E-state index in [1.807, 2.05) is 0 Å². The summed E-state index contributed by atoms with van der Waals surface area (Å²) in [6.07, 6.45) is 1.12. The van der Waals surface area contributed by atoms with E-state index in [4.69, 9.17) is 0 Å². The Morgan fingerprint density at radius 1 is 1.07 bits per heavy atom. The first kappa shape index (κ1) is 22.6. The summed E-state index contributed by atoms with van der Waals surface area (Å²) in [5.74, 6) is -1.33. The van der Waals surface area contributed by atoms with Crippen molar-refractivity contribution < 1.29 is 21.6 Å². The van der Waals surface area contributed by atoms with E-state index in [0.717, 1.165) is 10.7 Å². The fourth-order valence-corrected chi connectivity index (χ4v) is 5.10. The maximum atomic E-state index is 12.5. The summed E-state index contributed by atoms with van der Waals surface area (Å²) >= 11 is 3.30. The fraction of sp³-hybridized carbons (Fsp3) is 0.316. The van der Waals surface area contributed by atoms with Gasteiger partial charge in [0.1, 0.15) is 5.75 Å². The molecular weight excluding hydrogens is 466 g/mol. The Bertz CT molecular complexity index is 1060. The average Bonchev–Trinajstić information content (AvgIpc) is 2.59. The second-order valence-electron chi connectivity index (χ2n) is 6.68. The minimum atomic E-state index is -3.63. The van der Waals surface area contributed by atoms with Gasteiger partial charge in [-0.25, -0.2) is 16.8 Å². The molecule has 0 saturated heterocycles. The van der Waals surface area contributed by atoms with E-state index in [1.54, 1.807) is 43.3 Å². The average molecular weight is 488 g/mol. The Balaban J connectivity index is 2.08. The Morgan fingerprint density at radius 2 is 1.68 bits per heavy atom. The molecule has 152 valence electrons. The van der Waals surface area contributed by atoms with Crippen molar-refractivity contribution in [1.82, 2.24) is 4.90 Å². The van der Waals surface area contributed by atoms with Crippen molar-refractivity contribution in [2.24, 2.45) is 0 Å². The van der Waals surface area contributed by atoms with Crippen molar-refractivity contribution in [3.05, 3.63) is 64.1 Å². The van der Waals surface area contributed by atoms with Crippen molar-refractivity contribution in [2.45, 2.75) is 23.6 Å². The van der Waals surface area contributed by atoms with Crippen LogP contribution in [0.25, 0.3) is 0 Å². The van der Waals surface area contributed by atoms with Gasteiger partial charge in [0.05, 0.1) is 16.7 Å². The van der Waals surface area contributed by atoms with Crippen LogP contribution < -0.4 is 0 Å². The van der Waals surface area contributed by atoms with Gasteiger partial charge in [-0.05, 0) is 42.3 Å². The van der Waals surface area contributed by atoms with Crippen LogP contribution in [0.15, 0.2) is 57.9 Å². The van der Waals surface area contributed by atoms with Gasteiger partial charge < -0.3 is 4.90 Å². The third kappa shape index (κ3) is 6.15. The Morgan fingerprint density at radius 3 is 2.21 bits per heavy atom. The number of carbonyl (C=O) groups excluding carboxylic acids is 1. The van der Waals surface area contributed by atoms with E-state index in [0.29, 0.717) is 11.1 Å². The Hall–Kier alpha value is -1.71. The molecule has 0 bridgehead atoms. The smallest absolute Gasteiger partial charge is 0.238 e. The van der Waals surface area contributed by atoms with Gasteiger partial charge >= 0.3 is 0 Å². The molecule has 0 aliphatic rings. The summed E-state index contributed by atoms with van der Waals surface area (Å²) in [6.45, 7) is 1.76. The van der Waals surface area contributed by atoms with Crippen molar-refractivity contribution >= 4 is 41.5 Å². The zero-order valence-corrected chi connectivity index (χ0v) is 19.0. The summed E-state index contributed by atoms with van der Waals surface area (Å²) in [6, 6.07) is 12.7. The van der Waals surface area contributed by atoms with Crippen LogP contribution in [-0.2, 0) is 30.2 Å². The molecule has 0 spiro atoms. The number of benzene rings is 2. The molecular formula is C19H22BrNO5S2. The molecule has 0 aliphatic heterocycles. The largest absolute Gasteiger partial charge is 0.338 e. The monoisotopic (exact) mass is 487 g/mol. The summed E-state index contributed by atoms with van der Waals surface area (Å²) in [5, 5.41) is 0. The van der Waals surface area contributed by atoms with Gasteiger partial charge in [-0.1, -0.05) is 40.2 Å². The summed E-state index contributed by atoms with van der Waals surface area (Å²) in [7, 11) is -5.40. The second kappa shape index (κ2) is 8.75. The Labute approximate surface area is 174 Å². The zero-order chi connectivity index (χ0) is 21.1. The molecule has 9 heteroatoms. The molecule has 0 aromatic heterocycles. The van der Waals surface area contributed by atoms with Crippen LogP contribution in [0.1, 0.15) is 24.1 Å². The number of rotatable bonds is 7. The summed E-state index contributed by atoms with van der Waals surface area (Å²) in [5.41, 5.74) is 1.32. The molecule has 0 saturated carbocycles. The normalized spacial score (nSPS) is 13.1. The molecule has 2 aromatic carbocycles. The van der Waals surface area contributed by atoms with Crippen LogP contribution in [-0.4, -0.2) is 46.7 Å². The lowest BCUT2D eigenvalue weighted by molar-refractivity contribution is -0.129. The number of halogens is 1. The summed E-state index contributed by atoms with van der Waals surface area (Å²) < 4.78 is 48.7. The minimum absolute atomic E-state index is 0.189. The van der Waals surface area contributed by atoms with E-state index in [9.17, 15) is 21.6 Å². The van der Waals surface area contributed by atoms with Gasteiger partial charge in [0.2, 0.25) is 5.91 Å². The minimum Gasteiger partial charge on any atom is -0.338 e. The van der Waals surface area contributed by atoms with Crippen molar-refractivity contribution in [3.63, 3.8) is 0 Å². The van der Waals surface area contributed by atoms with Crippen molar-refractivity contribution in [3.8, 4) is 0 Å². The Kier molecular flexibility index (Phi) is 7.06. The van der Waals surface area contributed by atoms with Crippen LogP contribution in [0.3, 0.4) is 0 Å². The molecule has 0 heterocycles. The van der Waals surface area contributed by atoms with Gasteiger partial charge in [0.15, 0.2) is 19.7 Å². The number of hydrogen-bond acceptors (Lipinski definition) is 5. The molecule has 6 nitrogen and oxygen atoms in total. The van der Waals surface area contributed by atoms with E-state index < -0.39 is 37.4 Å². The van der Waals surface area contributed by atoms with Gasteiger partial charge in [-0.3, -0.25) is 4.79 Å².